The van der Waals surface area contributed by atoms with Gasteiger partial charge in [-0.05, 0) is 24.0 Å². The molecule has 0 saturated heterocycles. The van der Waals surface area contributed by atoms with Crippen LogP contribution in [0.5, 0.6) is 0 Å². The molecule has 1 atom stereocenters. The van der Waals surface area contributed by atoms with Crippen LogP contribution in [0, 0.1) is 12.8 Å². The number of nitrogens with one attached hydrogen (secondary N) is 1. The predicted octanol–water partition coefficient (Wildman–Crippen LogP) is 3.17. The molecule has 4 nitrogen and oxygen atoms in total. The Morgan fingerprint density at radius 3 is 2.42 bits per heavy atom. The van der Waals surface area contributed by atoms with Gasteiger partial charge in [-0.3, -0.25) is 9.59 Å². The fourth-order valence-corrected chi connectivity index (χ4v) is 1.94. The van der Waals surface area contributed by atoms with Gasteiger partial charge in [-0.25, -0.2) is 0 Å². The van der Waals surface area contributed by atoms with Crippen LogP contribution in [0.2, 0.25) is 0 Å². The average Bonchev–Trinajstić information content (AvgIpc) is 2.30. The molecule has 4 heteroatoms. The standard InChI is InChI=1S/C15H21NO3/c1-9(2)12-7-5-6-10(3)14(12)16-15(19)11(4)8-13(17)18/h5-7,9,11H,8H2,1-4H3,(H,16,19)(H,17,18). The Morgan fingerprint density at radius 2 is 1.89 bits per heavy atom. The molecule has 0 saturated carbocycles. The molecule has 0 aliphatic carbocycles. The first kappa shape index (κ1) is 15.2. The van der Waals surface area contributed by atoms with Gasteiger partial charge in [-0.2, -0.15) is 0 Å². The molecule has 19 heavy (non-hydrogen) atoms. The molecule has 1 aromatic carbocycles. The molecule has 0 spiro atoms. The minimum Gasteiger partial charge on any atom is -0.481 e. The molecule has 1 aromatic rings. The Labute approximate surface area is 113 Å². The number of amides is 1. The normalized spacial score (nSPS) is 12.3. The molecule has 0 aliphatic heterocycles. The summed E-state index contributed by atoms with van der Waals surface area (Å²) in [5.41, 5.74) is 2.86. The van der Waals surface area contributed by atoms with Gasteiger partial charge in [-0.15, -0.1) is 0 Å². The molecule has 0 bridgehead atoms. The first-order chi connectivity index (χ1) is 8.82. The average molecular weight is 263 g/mol. The molecule has 1 unspecified atom stereocenters. The largest absolute Gasteiger partial charge is 0.481 e. The summed E-state index contributed by atoms with van der Waals surface area (Å²) in [6.07, 6.45) is -0.158. The second kappa shape index (κ2) is 6.36. The van der Waals surface area contributed by atoms with E-state index in [-0.39, 0.29) is 12.3 Å². The zero-order chi connectivity index (χ0) is 14.6. The number of carboxylic acid groups (broad SMARTS) is 1. The van der Waals surface area contributed by atoms with Crippen molar-refractivity contribution in [2.45, 2.75) is 40.0 Å². The highest BCUT2D eigenvalue weighted by Gasteiger charge is 2.19. The minimum atomic E-state index is -0.962. The van der Waals surface area contributed by atoms with Crippen LogP contribution >= 0.6 is 0 Å². The summed E-state index contributed by atoms with van der Waals surface area (Å²) in [5.74, 6) is -1.46. The molecular weight excluding hydrogens is 242 g/mol. The lowest BCUT2D eigenvalue weighted by Crippen LogP contribution is -2.24. The van der Waals surface area contributed by atoms with E-state index in [1.165, 1.54) is 0 Å². The van der Waals surface area contributed by atoms with E-state index in [1.807, 2.05) is 25.1 Å². The van der Waals surface area contributed by atoms with Crippen LogP contribution in [0.1, 0.15) is 44.2 Å². The molecule has 104 valence electrons. The number of benzene rings is 1. The van der Waals surface area contributed by atoms with Crippen molar-refractivity contribution in [3.63, 3.8) is 0 Å². The Bertz CT molecular complexity index is 480. The maximum atomic E-state index is 12.0. The van der Waals surface area contributed by atoms with Crippen LogP contribution in [-0.4, -0.2) is 17.0 Å². The lowest BCUT2D eigenvalue weighted by atomic mass is 9.97. The Hall–Kier alpha value is -1.84. The molecule has 0 aromatic heterocycles. The van der Waals surface area contributed by atoms with E-state index in [9.17, 15) is 9.59 Å². The van der Waals surface area contributed by atoms with Crippen molar-refractivity contribution >= 4 is 17.6 Å². The summed E-state index contributed by atoms with van der Waals surface area (Å²) in [4.78, 5) is 22.6. The van der Waals surface area contributed by atoms with Crippen LogP contribution < -0.4 is 5.32 Å². The molecule has 0 aliphatic rings. The van der Waals surface area contributed by atoms with E-state index in [2.05, 4.69) is 19.2 Å². The van der Waals surface area contributed by atoms with Crippen LogP contribution in [0.25, 0.3) is 0 Å². The number of carbonyl (C=O) groups excluding carboxylic acids is 1. The fourth-order valence-electron chi connectivity index (χ4n) is 1.94. The van der Waals surface area contributed by atoms with Gasteiger partial charge in [0.2, 0.25) is 5.91 Å². The summed E-state index contributed by atoms with van der Waals surface area (Å²) in [6, 6.07) is 5.87. The van der Waals surface area contributed by atoms with Crippen molar-refractivity contribution in [2.24, 2.45) is 5.92 Å². The molecule has 0 radical (unpaired) electrons. The van der Waals surface area contributed by atoms with Crippen molar-refractivity contribution in [3.8, 4) is 0 Å². The van der Waals surface area contributed by atoms with Crippen LogP contribution in [-0.2, 0) is 9.59 Å². The van der Waals surface area contributed by atoms with Gasteiger partial charge in [0, 0.05) is 11.6 Å². The lowest BCUT2D eigenvalue weighted by Gasteiger charge is -2.18. The number of hydrogen-bond acceptors (Lipinski definition) is 2. The highest BCUT2D eigenvalue weighted by atomic mass is 16.4. The van der Waals surface area contributed by atoms with Gasteiger partial charge >= 0.3 is 5.97 Å². The zero-order valence-corrected chi connectivity index (χ0v) is 11.9. The third kappa shape index (κ3) is 4.09. The van der Waals surface area contributed by atoms with Gasteiger partial charge in [0.15, 0.2) is 0 Å². The first-order valence-corrected chi connectivity index (χ1v) is 6.45. The monoisotopic (exact) mass is 263 g/mol. The molecule has 2 N–H and O–H groups in total. The highest BCUT2D eigenvalue weighted by molar-refractivity contribution is 5.95. The summed E-state index contributed by atoms with van der Waals surface area (Å²) < 4.78 is 0. The zero-order valence-electron chi connectivity index (χ0n) is 11.9. The molecule has 0 heterocycles. The number of aliphatic carboxylic acids is 1. The second-order valence-corrected chi connectivity index (χ2v) is 5.18. The van der Waals surface area contributed by atoms with Crippen molar-refractivity contribution in [3.05, 3.63) is 29.3 Å². The number of anilines is 1. The maximum absolute atomic E-state index is 12.0. The summed E-state index contributed by atoms with van der Waals surface area (Å²) in [7, 11) is 0. The predicted molar refractivity (Wildman–Crippen MR) is 75.3 cm³/mol. The van der Waals surface area contributed by atoms with Gasteiger partial charge in [-0.1, -0.05) is 39.0 Å². The number of carboxylic acids is 1. The van der Waals surface area contributed by atoms with Gasteiger partial charge in [0.25, 0.3) is 0 Å². The number of carbonyl (C=O) groups is 2. The Morgan fingerprint density at radius 1 is 1.26 bits per heavy atom. The Kier molecular flexibility index (Phi) is 5.10. The first-order valence-electron chi connectivity index (χ1n) is 6.45. The molecule has 1 rings (SSSR count). The number of hydrogen-bond donors (Lipinski definition) is 2. The number of para-hydroxylation sites is 1. The quantitative estimate of drug-likeness (QED) is 0.857. The highest BCUT2D eigenvalue weighted by Crippen LogP contribution is 2.27. The smallest absolute Gasteiger partial charge is 0.304 e. The van der Waals surface area contributed by atoms with Crippen molar-refractivity contribution < 1.29 is 14.7 Å². The molecular formula is C15H21NO3. The van der Waals surface area contributed by atoms with E-state index in [4.69, 9.17) is 5.11 Å². The van der Waals surface area contributed by atoms with Crippen LogP contribution in [0.15, 0.2) is 18.2 Å². The van der Waals surface area contributed by atoms with Crippen LogP contribution in [0.4, 0.5) is 5.69 Å². The second-order valence-electron chi connectivity index (χ2n) is 5.18. The van der Waals surface area contributed by atoms with E-state index < -0.39 is 11.9 Å². The summed E-state index contributed by atoms with van der Waals surface area (Å²) in [5, 5.41) is 11.6. The van der Waals surface area contributed by atoms with Gasteiger partial charge < -0.3 is 10.4 Å². The lowest BCUT2D eigenvalue weighted by molar-refractivity contribution is -0.139. The van der Waals surface area contributed by atoms with Crippen molar-refractivity contribution in [1.29, 1.82) is 0 Å². The SMILES string of the molecule is Cc1cccc(C(C)C)c1NC(=O)C(C)CC(=O)O. The van der Waals surface area contributed by atoms with E-state index in [0.29, 0.717) is 5.92 Å². The molecule has 0 fully saturated rings. The third-order valence-corrected chi connectivity index (χ3v) is 3.10. The maximum Gasteiger partial charge on any atom is 0.304 e. The fraction of sp³-hybridized carbons (Fsp3) is 0.467. The number of aryl methyl sites for hydroxylation is 1. The minimum absolute atomic E-state index is 0.158. The van der Waals surface area contributed by atoms with Gasteiger partial charge in [0.05, 0.1) is 6.42 Å². The van der Waals surface area contributed by atoms with E-state index >= 15 is 0 Å². The Balaban J connectivity index is 2.93. The third-order valence-electron chi connectivity index (χ3n) is 3.10. The van der Waals surface area contributed by atoms with Crippen LogP contribution in [0.3, 0.4) is 0 Å². The van der Waals surface area contributed by atoms with Crippen molar-refractivity contribution in [2.75, 3.05) is 5.32 Å². The van der Waals surface area contributed by atoms with E-state index in [1.54, 1.807) is 6.92 Å². The summed E-state index contributed by atoms with van der Waals surface area (Å²) in [6.45, 7) is 7.68. The van der Waals surface area contributed by atoms with Crippen molar-refractivity contribution in [1.82, 2.24) is 0 Å². The number of rotatable bonds is 5. The topological polar surface area (TPSA) is 66.4 Å². The van der Waals surface area contributed by atoms with E-state index in [0.717, 1.165) is 16.8 Å². The molecule has 1 amide bonds. The van der Waals surface area contributed by atoms with Gasteiger partial charge in [0.1, 0.15) is 0 Å². The summed E-state index contributed by atoms with van der Waals surface area (Å²) >= 11 is 0.